The van der Waals surface area contributed by atoms with Gasteiger partial charge in [0.15, 0.2) is 6.04 Å². The monoisotopic (exact) mass is 231 g/mol. The summed E-state index contributed by atoms with van der Waals surface area (Å²) in [5.74, 6) is 0.937. The summed E-state index contributed by atoms with van der Waals surface area (Å²) in [7, 11) is 0. The minimum Gasteiger partial charge on any atom is -0.480 e. The van der Waals surface area contributed by atoms with E-state index in [1.807, 2.05) is 0 Å². The van der Waals surface area contributed by atoms with E-state index in [0.717, 1.165) is 24.3 Å². The maximum absolute atomic E-state index is 11.4. The Morgan fingerprint density at radius 3 is 3.00 bits per heavy atom. The summed E-state index contributed by atoms with van der Waals surface area (Å²) in [6.45, 7) is -0.0185. The van der Waals surface area contributed by atoms with Gasteiger partial charge in [0.1, 0.15) is 6.61 Å². The molecule has 2 heterocycles. The molecule has 2 aliphatic heterocycles. The number of hydrogen-bond donors (Lipinski definition) is 1. The summed E-state index contributed by atoms with van der Waals surface area (Å²) in [5, 5.41) is 8.95. The molecule has 2 saturated heterocycles. The van der Waals surface area contributed by atoms with Crippen LogP contribution in [0.25, 0.3) is 0 Å². The molecule has 2 unspecified atom stereocenters. The SMILES string of the molecule is O=C(O)C1COC(=O)N1C1CCCSC1. The lowest BCUT2D eigenvalue weighted by Gasteiger charge is -2.31. The minimum atomic E-state index is -0.976. The average molecular weight is 231 g/mol. The van der Waals surface area contributed by atoms with Crippen molar-refractivity contribution in [3.05, 3.63) is 0 Å². The highest BCUT2D eigenvalue weighted by Gasteiger charge is 2.42. The summed E-state index contributed by atoms with van der Waals surface area (Å²) in [6, 6.07) is -0.763. The third kappa shape index (κ3) is 2.04. The Kier molecular flexibility index (Phi) is 3.04. The predicted octanol–water partition coefficient (Wildman–Crippen LogP) is 0.787. The second-order valence-electron chi connectivity index (χ2n) is 3.71. The fourth-order valence-electron chi connectivity index (χ4n) is 1.97. The molecule has 0 spiro atoms. The Bertz CT molecular complexity index is 277. The fourth-order valence-corrected chi connectivity index (χ4v) is 3.11. The zero-order valence-corrected chi connectivity index (χ0v) is 9.03. The number of hydrogen-bond acceptors (Lipinski definition) is 4. The maximum atomic E-state index is 11.4. The second kappa shape index (κ2) is 4.30. The van der Waals surface area contributed by atoms with E-state index >= 15 is 0 Å². The predicted molar refractivity (Wildman–Crippen MR) is 55.0 cm³/mol. The minimum absolute atomic E-state index is 0.0185. The van der Waals surface area contributed by atoms with E-state index in [1.165, 1.54) is 4.90 Å². The van der Waals surface area contributed by atoms with Gasteiger partial charge in [0.25, 0.3) is 0 Å². The first-order valence-corrected chi connectivity index (χ1v) is 6.11. The molecule has 2 fully saturated rings. The van der Waals surface area contributed by atoms with Gasteiger partial charge in [0.05, 0.1) is 0 Å². The van der Waals surface area contributed by atoms with Crippen LogP contribution in [0.3, 0.4) is 0 Å². The molecule has 1 N–H and O–H groups in total. The molecule has 1 amide bonds. The molecule has 0 aliphatic carbocycles. The second-order valence-corrected chi connectivity index (χ2v) is 4.86. The normalized spacial score (nSPS) is 31.5. The van der Waals surface area contributed by atoms with E-state index in [0.29, 0.717) is 0 Å². The molecule has 0 radical (unpaired) electrons. The Hall–Kier alpha value is -0.910. The van der Waals surface area contributed by atoms with E-state index in [9.17, 15) is 9.59 Å². The van der Waals surface area contributed by atoms with Gasteiger partial charge in [0.2, 0.25) is 0 Å². The quantitative estimate of drug-likeness (QED) is 0.761. The first kappa shape index (κ1) is 10.6. The van der Waals surface area contributed by atoms with Crippen molar-refractivity contribution in [3.8, 4) is 0 Å². The van der Waals surface area contributed by atoms with Crippen LogP contribution in [0.2, 0.25) is 0 Å². The van der Waals surface area contributed by atoms with Crippen molar-refractivity contribution in [1.82, 2.24) is 4.90 Å². The Morgan fingerprint density at radius 1 is 1.60 bits per heavy atom. The van der Waals surface area contributed by atoms with Gasteiger partial charge in [-0.05, 0) is 18.6 Å². The van der Waals surface area contributed by atoms with Crippen LogP contribution in [0.4, 0.5) is 4.79 Å². The van der Waals surface area contributed by atoms with Crippen LogP contribution in [0, 0.1) is 0 Å². The summed E-state index contributed by atoms with van der Waals surface area (Å²) in [4.78, 5) is 23.7. The molecular weight excluding hydrogens is 218 g/mol. The molecule has 2 atom stereocenters. The number of ether oxygens (including phenoxy) is 1. The zero-order chi connectivity index (χ0) is 10.8. The number of carbonyl (C=O) groups is 2. The lowest BCUT2D eigenvalue weighted by molar-refractivity contribution is -0.142. The van der Waals surface area contributed by atoms with Gasteiger partial charge < -0.3 is 9.84 Å². The van der Waals surface area contributed by atoms with Crippen LogP contribution in [0.5, 0.6) is 0 Å². The highest BCUT2D eigenvalue weighted by atomic mass is 32.2. The highest BCUT2D eigenvalue weighted by molar-refractivity contribution is 7.99. The number of cyclic esters (lactones) is 1. The smallest absolute Gasteiger partial charge is 0.411 e. The molecule has 84 valence electrons. The van der Waals surface area contributed by atoms with Gasteiger partial charge in [-0.15, -0.1) is 0 Å². The van der Waals surface area contributed by atoms with Crippen molar-refractivity contribution >= 4 is 23.8 Å². The number of carbonyl (C=O) groups excluding carboxylic acids is 1. The van der Waals surface area contributed by atoms with Gasteiger partial charge in [0, 0.05) is 11.8 Å². The summed E-state index contributed by atoms with van der Waals surface area (Å²) in [5.41, 5.74) is 0. The summed E-state index contributed by atoms with van der Waals surface area (Å²) >= 11 is 1.76. The largest absolute Gasteiger partial charge is 0.480 e. The third-order valence-corrected chi connectivity index (χ3v) is 3.92. The Morgan fingerprint density at radius 2 is 2.40 bits per heavy atom. The molecular formula is C9H13NO4S. The molecule has 15 heavy (non-hydrogen) atoms. The maximum Gasteiger partial charge on any atom is 0.411 e. The standard InChI is InChI=1S/C9H13NO4S/c11-8(12)7-4-14-9(13)10(7)6-2-1-3-15-5-6/h6-7H,1-5H2,(H,11,12). The zero-order valence-electron chi connectivity index (χ0n) is 8.22. The Balaban J connectivity index is 2.09. The highest BCUT2D eigenvalue weighted by Crippen LogP contribution is 2.26. The molecule has 0 aromatic carbocycles. The molecule has 0 aromatic rings. The molecule has 6 heteroatoms. The lowest BCUT2D eigenvalue weighted by Crippen LogP contribution is -2.48. The van der Waals surface area contributed by atoms with Gasteiger partial charge in [-0.1, -0.05) is 0 Å². The van der Waals surface area contributed by atoms with Gasteiger partial charge in [-0.3, -0.25) is 4.90 Å². The molecule has 0 aromatic heterocycles. The van der Waals surface area contributed by atoms with Crippen molar-refractivity contribution in [2.24, 2.45) is 0 Å². The van der Waals surface area contributed by atoms with Crippen molar-refractivity contribution in [2.75, 3.05) is 18.1 Å². The van der Waals surface area contributed by atoms with Crippen molar-refractivity contribution in [1.29, 1.82) is 0 Å². The molecule has 0 saturated carbocycles. The number of amides is 1. The van der Waals surface area contributed by atoms with Crippen LogP contribution in [-0.2, 0) is 9.53 Å². The fraction of sp³-hybridized carbons (Fsp3) is 0.778. The van der Waals surface area contributed by atoms with Crippen LogP contribution < -0.4 is 0 Å². The van der Waals surface area contributed by atoms with Crippen LogP contribution in [-0.4, -0.2) is 52.3 Å². The van der Waals surface area contributed by atoms with E-state index in [-0.39, 0.29) is 12.6 Å². The Labute approximate surface area is 91.8 Å². The first-order valence-electron chi connectivity index (χ1n) is 4.96. The van der Waals surface area contributed by atoms with E-state index in [4.69, 9.17) is 9.84 Å². The molecule has 0 bridgehead atoms. The van der Waals surface area contributed by atoms with Crippen molar-refractivity contribution in [3.63, 3.8) is 0 Å². The van der Waals surface area contributed by atoms with Crippen LogP contribution in [0.1, 0.15) is 12.8 Å². The first-order chi connectivity index (χ1) is 7.20. The van der Waals surface area contributed by atoms with Gasteiger partial charge in [-0.25, -0.2) is 9.59 Å². The molecule has 5 nitrogen and oxygen atoms in total. The van der Waals surface area contributed by atoms with E-state index in [1.54, 1.807) is 11.8 Å². The number of rotatable bonds is 2. The summed E-state index contributed by atoms with van der Waals surface area (Å²) in [6.07, 6.45) is 1.44. The number of carboxylic acids is 1. The van der Waals surface area contributed by atoms with Gasteiger partial charge >= 0.3 is 12.1 Å². The number of carboxylic acid groups (broad SMARTS) is 1. The van der Waals surface area contributed by atoms with Crippen LogP contribution in [0.15, 0.2) is 0 Å². The molecule has 2 aliphatic rings. The van der Waals surface area contributed by atoms with E-state index < -0.39 is 18.1 Å². The van der Waals surface area contributed by atoms with Crippen molar-refractivity contribution in [2.45, 2.75) is 24.9 Å². The molecule has 2 rings (SSSR count). The van der Waals surface area contributed by atoms with E-state index in [2.05, 4.69) is 0 Å². The number of aliphatic carboxylic acids is 1. The topological polar surface area (TPSA) is 66.8 Å². The lowest BCUT2D eigenvalue weighted by atomic mass is 10.1. The number of thioether (sulfide) groups is 1. The summed E-state index contributed by atoms with van der Waals surface area (Å²) < 4.78 is 4.79. The van der Waals surface area contributed by atoms with Gasteiger partial charge in [-0.2, -0.15) is 11.8 Å². The van der Waals surface area contributed by atoms with Crippen molar-refractivity contribution < 1.29 is 19.4 Å². The number of nitrogens with zero attached hydrogens (tertiary/aromatic N) is 1. The average Bonchev–Trinajstić information content (AvgIpc) is 2.61. The van der Waals surface area contributed by atoms with Crippen LogP contribution >= 0.6 is 11.8 Å². The third-order valence-electron chi connectivity index (χ3n) is 2.73.